The van der Waals surface area contributed by atoms with Crippen LogP contribution in [0.3, 0.4) is 0 Å². The number of hydrogen-bond acceptors (Lipinski definition) is 6. The molecule has 3 rings (SSSR count). The van der Waals surface area contributed by atoms with Crippen LogP contribution in [0.2, 0.25) is 0 Å². The number of carboxylic acids is 1. The van der Waals surface area contributed by atoms with E-state index in [1.807, 2.05) is 0 Å². The molecule has 3 fully saturated rings. The summed E-state index contributed by atoms with van der Waals surface area (Å²) in [4.78, 5) is 8.89. The standard InChI is InChI=1S/C21H37NO3.C2H4O2.H3N/c1-14-4-5-17-19(25)18(7-9-20(14,17)2)21(3)8-6-16(24)12-15(21)13-22-10-11-23;1-2(3)4;/h15-19,22-25H,1,4-13H2,2-3H3;1H3,(H,3,4);1H3/t15-,16+,17?,18?,19-,20+,21+;;/m1../s1. The summed E-state index contributed by atoms with van der Waals surface area (Å²) in [6.45, 7) is 11.5. The van der Waals surface area contributed by atoms with Crippen LogP contribution in [0.4, 0.5) is 0 Å². The zero-order valence-electron chi connectivity index (χ0n) is 19.3. The van der Waals surface area contributed by atoms with Crippen molar-refractivity contribution in [3.05, 3.63) is 12.2 Å². The lowest BCUT2D eigenvalue weighted by molar-refractivity contribution is -0.302. The maximum Gasteiger partial charge on any atom is 0.0610 e. The molecule has 2 unspecified atom stereocenters. The first-order valence-corrected chi connectivity index (χ1v) is 11.1. The van der Waals surface area contributed by atoms with Gasteiger partial charge in [-0.05, 0) is 87.0 Å². The highest BCUT2D eigenvalue weighted by atomic mass is 16.4. The quantitative estimate of drug-likeness (QED) is 0.332. The second-order valence-electron chi connectivity index (χ2n) is 9.85. The minimum absolute atomic E-state index is 0. The molecule has 0 spiro atoms. The Balaban J connectivity index is 0.000000827. The van der Waals surface area contributed by atoms with Gasteiger partial charge in [0.15, 0.2) is 0 Å². The fourth-order valence-electron chi connectivity index (χ4n) is 6.29. The number of nitrogens with one attached hydrogen (secondary N) is 1. The lowest BCUT2D eigenvalue weighted by Gasteiger charge is -2.55. The number of hydrogen-bond donors (Lipinski definition) is 5. The Morgan fingerprint density at radius 1 is 1.20 bits per heavy atom. The summed E-state index contributed by atoms with van der Waals surface area (Å²) >= 11 is 0. The predicted octanol–water partition coefficient (Wildman–Crippen LogP) is 1.61. The number of aliphatic hydroxyl groups excluding tert-OH is 3. The maximum absolute atomic E-state index is 11.3. The van der Waals surface area contributed by atoms with Crippen molar-refractivity contribution in [2.45, 2.75) is 77.9 Å². The molecule has 0 bridgehead atoms. The summed E-state index contributed by atoms with van der Waals surface area (Å²) in [6, 6.07) is 0. The van der Waals surface area contributed by atoms with E-state index in [9.17, 15) is 10.2 Å². The van der Waals surface area contributed by atoms with E-state index >= 15 is 0 Å². The van der Waals surface area contributed by atoms with Crippen molar-refractivity contribution in [2.75, 3.05) is 19.7 Å². The van der Waals surface area contributed by atoms with E-state index in [0.29, 0.717) is 24.3 Å². The van der Waals surface area contributed by atoms with Crippen LogP contribution < -0.4 is 16.6 Å². The van der Waals surface area contributed by atoms with Gasteiger partial charge in [0.1, 0.15) is 0 Å². The van der Waals surface area contributed by atoms with Gasteiger partial charge in [-0.15, -0.1) is 0 Å². The lowest BCUT2D eigenvalue weighted by Crippen LogP contribution is -2.54. The molecule has 0 heterocycles. The van der Waals surface area contributed by atoms with Gasteiger partial charge in [0.25, 0.3) is 0 Å². The lowest BCUT2D eigenvalue weighted by atomic mass is 9.52. The Hall–Kier alpha value is -0.990. The zero-order chi connectivity index (χ0) is 21.8. The molecular weight excluding hydrogens is 384 g/mol. The highest BCUT2D eigenvalue weighted by Crippen LogP contribution is 2.61. The third kappa shape index (κ3) is 5.62. The van der Waals surface area contributed by atoms with Crippen LogP contribution >= 0.6 is 0 Å². The van der Waals surface area contributed by atoms with Crippen LogP contribution in [-0.2, 0) is 4.79 Å². The predicted molar refractivity (Wildman–Crippen MR) is 117 cm³/mol. The van der Waals surface area contributed by atoms with E-state index in [4.69, 9.17) is 15.0 Å². The Bertz CT molecular complexity index is 582. The third-order valence-electron chi connectivity index (χ3n) is 8.21. The Morgan fingerprint density at radius 3 is 2.43 bits per heavy atom. The van der Waals surface area contributed by atoms with Gasteiger partial charge >= 0.3 is 0 Å². The second kappa shape index (κ2) is 11.0. The van der Waals surface area contributed by atoms with Gasteiger partial charge in [0.2, 0.25) is 0 Å². The van der Waals surface area contributed by atoms with Crippen molar-refractivity contribution >= 4 is 5.97 Å². The first-order chi connectivity index (χ1) is 13.6. The molecule has 7 atom stereocenters. The average molecular weight is 429 g/mol. The van der Waals surface area contributed by atoms with Crippen LogP contribution in [-0.4, -0.2) is 53.2 Å². The number of rotatable bonds is 5. The van der Waals surface area contributed by atoms with Crippen LogP contribution in [0.25, 0.3) is 0 Å². The molecule has 0 amide bonds. The molecule has 0 radical (unpaired) electrons. The molecule has 0 aromatic carbocycles. The Morgan fingerprint density at radius 2 is 1.83 bits per heavy atom. The first kappa shape index (κ1) is 27.0. The van der Waals surface area contributed by atoms with Crippen LogP contribution in [0.5, 0.6) is 0 Å². The number of carbonyl (C=O) groups excluding carboxylic acids is 1. The molecule has 7 heteroatoms. The van der Waals surface area contributed by atoms with Crippen LogP contribution in [0, 0.1) is 28.6 Å². The number of allylic oxidation sites excluding steroid dienone is 1. The van der Waals surface area contributed by atoms with Crippen LogP contribution in [0.15, 0.2) is 12.2 Å². The smallest absolute Gasteiger partial charge is 0.0610 e. The minimum atomic E-state index is -1.08. The van der Waals surface area contributed by atoms with Crippen molar-refractivity contribution in [2.24, 2.45) is 28.6 Å². The van der Waals surface area contributed by atoms with E-state index in [1.165, 1.54) is 5.57 Å². The molecule has 176 valence electrons. The average Bonchev–Trinajstić information content (AvgIpc) is 2.94. The largest absolute Gasteiger partial charge is 0.550 e. The van der Waals surface area contributed by atoms with Gasteiger partial charge < -0.3 is 36.7 Å². The highest BCUT2D eigenvalue weighted by Gasteiger charge is 2.56. The van der Waals surface area contributed by atoms with Gasteiger partial charge in [0, 0.05) is 12.5 Å². The molecular formula is C23H44N2O5. The molecule has 3 aliphatic carbocycles. The zero-order valence-corrected chi connectivity index (χ0v) is 19.3. The fourth-order valence-corrected chi connectivity index (χ4v) is 6.29. The molecule has 30 heavy (non-hydrogen) atoms. The van der Waals surface area contributed by atoms with Crippen molar-refractivity contribution < 1.29 is 25.2 Å². The molecule has 0 aromatic rings. The molecule has 3 aliphatic rings. The summed E-state index contributed by atoms with van der Waals surface area (Å²) in [7, 11) is 0. The van der Waals surface area contributed by atoms with Crippen LogP contribution in [0.1, 0.15) is 65.7 Å². The third-order valence-corrected chi connectivity index (χ3v) is 8.21. The number of aliphatic hydroxyl groups is 3. The first-order valence-electron chi connectivity index (χ1n) is 11.1. The molecule has 8 N–H and O–H groups in total. The van der Waals surface area contributed by atoms with E-state index in [-0.39, 0.29) is 35.8 Å². The van der Waals surface area contributed by atoms with Crippen molar-refractivity contribution in [3.8, 4) is 0 Å². The van der Waals surface area contributed by atoms with E-state index < -0.39 is 5.97 Å². The Kier molecular flexibility index (Phi) is 9.96. The monoisotopic (exact) mass is 428 g/mol. The van der Waals surface area contributed by atoms with Gasteiger partial charge in [-0.3, -0.25) is 0 Å². The van der Waals surface area contributed by atoms with Crippen molar-refractivity contribution in [1.29, 1.82) is 0 Å². The molecule has 3 saturated carbocycles. The summed E-state index contributed by atoms with van der Waals surface area (Å²) in [6.07, 6.45) is 6.43. The second-order valence-corrected chi connectivity index (χ2v) is 9.85. The molecule has 0 saturated heterocycles. The van der Waals surface area contributed by atoms with Gasteiger partial charge in [-0.2, -0.15) is 0 Å². The number of quaternary nitrogens is 1. The summed E-state index contributed by atoms with van der Waals surface area (Å²) in [5.41, 5.74) is 1.50. The fraction of sp³-hybridized carbons (Fsp3) is 0.870. The van der Waals surface area contributed by atoms with E-state index in [0.717, 1.165) is 58.4 Å². The SMILES string of the molecule is C=C1CCC2[C@@H](O)C([C@@]3(C)CC[C@H](O)C[C@@H]3CNCCO)CC[C@@]12C.CC(=O)[O-].[NH4+]. The van der Waals surface area contributed by atoms with E-state index in [2.05, 4.69) is 25.7 Å². The van der Waals surface area contributed by atoms with Crippen molar-refractivity contribution in [1.82, 2.24) is 11.5 Å². The number of aliphatic carboxylic acids is 1. The van der Waals surface area contributed by atoms with Crippen molar-refractivity contribution in [3.63, 3.8) is 0 Å². The Labute approximate surface area is 181 Å². The maximum atomic E-state index is 11.3. The minimum Gasteiger partial charge on any atom is -0.550 e. The normalized spacial score (nSPS) is 40.6. The molecule has 7 nitrogen and oxygen atoms in total. The molecule has 0 aromatic heterocycles. The summed E-state index contributed by atoms with van der Waals surface area (Å²) in [5.74, 6) is -0.102. The number of carboxylic acid groups (broad SMARTS) is 1. The number of carbonyl (C=O) groups is 1. The molecule has 0 aliphatic heterocycles. The van der Waals surface area contributed by atoms with Gasteiger partial charge in [0.05, 0.1) is 18.8 Å². The number of fused-ring (bicyclic) bond motifs is 1. The summed E-state index contributed by atoms with van der Waals surface area (Å²) < 4.78 is 0. The van der Waals surface area contributed by atoms with Gasteiger partial charge in [-0.25, -0.2) is 0 Å². The topological polar surface area (TPSA) is 149 Å². The highest BCUT2D eigenvalue weighted by molar-refractivity contribution is 5.60. The van der Waals surface area contributed by atoms with Gasteiger partial charge in [-0.1, -0.05) is 26.0 Å². The van der Waals surface area contributed by atoms with E-state index in [1.54, 1.807) is 0 Å². The summed E-state index contributed by atoms with van der Waals surface area (Å²) in [5, 5.41) is 42.8.